The Hall–Kier alpha value is 0.962. The molecule has 0 fully saturated rings. The van der Waals surface area contributed by atoms with Crippen LogP contribution in [0.25, 0.3) is 0 Å². The van der Waals surface area contributed by atoms with Crippen LogP contribution in [0.15, 0.2) is 0 Å². The predicted molar refractivity (Wildman–Crippen MR) is 19.7 cm³/mol. The molecule has 6 nitrogen and oxygen atoms in total. The molecule has 0 aliphatic rings. The van der Waals surface area contributed by atoms with Crippen LogP contribution in [-0.4, -0.2) is 9.79 Å². The Morgan fingerprint density at radius 2 is 1.00 bits per heavy atom. The van der Waals surface area contributed by atoms with Crippen LogP contribution in [0, 0.1) is 0 Å². The molecule has 0 aromatic rings. The minimum Gasteiger partial charge on any atom is -0.567 e. The van der Waals surface area contributed by atoms with E-state index in [4.69, 9.17) is 28.7 Å². The Bertz CT molecular complexity index is 69.1. The van der Waals surface area contributed by atoms with Crippen molar-refractivity contribution in [3.8, 4) is 0 Å². The van der Waals surface area contributed by atoms with E-state index in [0.717, 1.165) is 0 Å². The fraction of sp³-hybridized carbons (Fsp3) is 0. The number of hydrogen-bond acceptors (Lipinski definition) is 4. The van der Waals surface area contributed by atoms with E-state index in [1.54, 1.807) is 0 Å². The van der Waals surface area contributed by atoms with E-state index in [9.17, 15) is 0 Å². The van der Waals surface area contributed by atoms with Crippen molar-refractivity contribution in [3.63, 3.8) is 0 Å². The summed E-state index contributed by atoms with van der Waals surface area (Å²) in [5.41, 5.74) is 0. The van der Waals surface area contributed by atoms with Gasteiger partial charge in [0.2, 0.25) is 0 Å². The maximum absolute atomic E-state index is 8.59. The van der Waals surface area contributed by atoms with Gasteiger partial charge in [0.15, 0.2) is 0 Å². The van der Waals surface area contributed by atoms with Crippen LogP contribution in [0.5, 0.6) is 0 Å². The van der Waals surface area contributed by atoms with Gasteiger partial charge in [0, 0.05) is 0 Å². The van der Waals surface area contributed by atoms with Crippen molar-refractivity contribution in [2.45, 2.75) is 0 Å². The molecule has 0 amide bonds. The summed E-state index contributed by atoms with van der Waals surface area (Å²) in [4.78, 5) is 31.2. The van der Waals surface area contributed by atoms with Gasteiger partial charge in [-0.25, -0.2) is 0 Å². The molecule has 0 radical (unpaired) electrons. The smallest absolute Gasteiger partial charge is 0.567 e. The Kier molecular flexibility index (Phi) is 21.5. The maximum atomic E-state index is 8.59. The molecule has 0 saturated heterocycles. The molecule has 2 unspecified atom stereocenters. The van der Waals surface area contributed by atoms with Crippen LogP contribution in [-0.2, 0) is 36.4 Å². The summed E-state index contributed by atoms with van der Waals surface area (Å²) in [5.74, 6) is 0. The molecule has 9 heavy (non-hydrogen) atoms. The van der Waals surface area contributed by atoms with Gasteiger partial charge < -0.3 is 9.79 Å². The van der Waals surface area contributed by atoms with E-state index in [-0.39, 0.29) is 27.3 Å². The molecule has 2 atom stereocenters. The minimum atomic E-state index is -3.12. The number of hydrogen-bond donors (Lipinski definition) is 2. The summed E-state index contributed by atoms with van der Waals surface area (Å²) in [6.07, 6.45) is 0. The molecule has 0 saturated carbocycles. The fourth-order valence-electron chi connectivity index (χ4n) is 0. The quantitative estimate of drug-likeness (QED) is 0.388. The van der Waals surface area contributed by atoms with E-state index in [1.165, 1.54) is 0 Å². The largest absolute Gasteiger partial charge is 2.00 e. The van der Waals surface area contributed by atoms with Crippen LogP contribution >= 0.6 is 16.5 Å². The van der Waals surface area contributed by atoms with Gasteiger partial charge in [0.25, 0.3) is 0 Å². The first-order valence-corrected chi connectivity index (χ1v) is 3.39. The van der Waals surface area contributed by atoms with Gasteiger partial charge in [-0.1, -0.05) is 0 Å². The van der Waals surface area contributed by atoms with Gasteiger partial charge in [0.05, 0.1) is 0 Å². The molecule has 9 heteroatoms. The zero-order valence-electron chi connectivity index (χ0n) is 4.13. The number of rotatable bonds is 0. The predicted octanol–water partition coefficient (Wildman–Crippen LogP) is -2.01. The second-order valence-corrected chi connectivity index (χ2v) is 1.43. The van der Waals surface area contributed by atoms with E-state index >= 15 is 0 Å². The molecule has 0 aromatic carbocycles. The van der Waals surface area contributed by atoms with Crippen LogP contribution in [0.1, 0.15) is 0 Å². The molecule has 0 spiro atoms. The summed E-state index contributed by atoms with van der Waals surface area (Å²) >= 11 is 0. The first-order valence-electron chi connectivity index (χ1n) is 1.13. The topological polar surface area (TPSA) is 121 Å². The average molecular weight is 272 g/mol. The van der Waals surface area contributed by atoms with Gasteiger partial charge >= 0.3 is 43.8 Å². The molecular formula is H2CdO6P2+2. The van der Waals surface area contributed by atoms with Crippen molar-refractivity contribution in [2.24, 2.45) is 0 Å². The Morgan fingerprint density at radius 1 is 1.00 bits per heavy atom. The molecule has 0 rings (SSSR count). The Morgan fingerprint density at radius 3 is 1.00 bits per heavy atom. The molecule has 0 aromatic heterocycles. The monoisotopic (exact) mass is 274 g/mol. The van der Waals surface area contributed by atoms with Crippen molar-refractivity contribution >= 4 is 16.5 Å². The Balaban J connectivity index is -0.0000000720. The van der Waals surface area contributed by atoms with Crippen molar-refractivity contribution in [1.82, 2.24) is 0 Å². The van der Waals surface area contributed by atoms with Gasteiger partial charge in [0.1, 0.15) is 0 Å². The third-order valence-electron chi connectivity index (χ3n) is 0. The average Bonchev–Trinajstić information content (AvgIpc) is 1.25. The SMILES string of the molecule is O=[P+]([O-])O.O=[P+]([O-])O.[Cd+2]. The first-order chi connectivity index (χ1) is 3.46. The van der Waals surface area contributed by atoms with Crippen molar-refractivity contribution < 1.29 is 56.0 Å². The standard InChI is InChI=1S/Cd.2HO3P/c;2*1-4(2)3/h;2*(H,1,2,3)/q+2;;. The van der Waals surface area contributed by atoms with Crippen LogP contribution < -0.4 is 9.79 Å². The van der Waals surface area contributed by atoms with Gasteiger partial charge in [-0.15, -0.1) is 0 Å². The third-order valence-corrected chi connectivity index (χ3v) is 0. The molecule has 0 heterocycles. The van der Waals surface area contributed by atoms with E-state index in [2.05, 4.69) is 0 Å². The minimum absolute atomic E-state index is 0. The molecule has 0 bridgehead atoms. The summed E-state index contributed by atoms with van der Waals surface area (Å²) < 4.78 is 17.2. The summed E-state index contributed by atoms with van der Waals surface area (Å²) in [5, 5.41) is 0. The molecule has 48 valence electrons. The fourth-order valence-corrected chi connectivity index (χ4v) is 0. The molecule has 0 aliphatic heterocycles. The second-order valence-electron chi connectivity index (χ2n) is 0.476. The van der Waals surface area contributed by atoms with Crippen molar-refractivity contribution in [3.05, 3.63) is 0 Å². The van der Waals surface area contributed by atoms with Crippen LogP contribution in [0.2, 0.25) is 0 Å². The third kappa shape index (κ3) is 469. The van der Waals surface area contributed by atoms with Crippen LogP contribution in [0.3, 0.4) is 0 Å². The van der Waals surface area contributed by atoms with E-state index in [1.807, 2.05) is 0 Å². The summed E-state index contributed by atoms with van der Waals surface area (Å²) in [7, 11) is -6.24. The van der Waals surface area contributed by atoms with Crippen molar-refractivity contribution in [1.29, 1.82) is 0 Å². The van der Waals surface area contributed by atoms with Crippen molar-refractivity contribution in [2.75, 3.05) is 0 Å². The first kappa shape index (κ1) is 16.5. The van der Waals surface area contributed by atoms with E-state index < -0.39 is 16.5 Å². The zero-order valence-corrected chi connectivity index (χ0v) is 9.95. The summed E-state index contributed by atoms with van der Waals surface area (Å²) in [6, 6.07) is 0. The zero-order chi connectivity index (χ0) is 7.15. The second kappa shape index (κ2) is 11.7. The normalized spacial score (nSPS) is 9.78. The Labute approximate surface area is 72.6 Å². The van der Waals surface area contributed by atoms with Gasteiger partial charge in [-0.05, 0) is 9.13 Å². The molecular weight excluding hydrogens is 270 g/mol. The maximum Gasteiger partial charge on any atom is 2.00 e. The van der Waals surface area contributed by atoms with Gasteiger partial charge in [-0.3, -0.25) is 0 Å². The van der Waals surface area contributed by atoms with Gasteiger partial charge in [-0.2, -0.15) is 9.79 Å². The molecule has 0 aliphatic carbocycles. The summed E-state index contributed by atoms with van der Waals surface area (Å²) in [6.45, 7) is 0. The van der Waals surface area contributed by atoms with Crippen LogP contribution in [0.4, 0.5) is 0 Å². The molecule has 2 N–H and O–H groups in total. The van der Waals surface area contributed by atoms with E-state index in [0.29, 0.717) is 0 Å².